The number of rotatable bonds is 2. The van der Waals surface area contributed by atoms with Crippen molar-refractivity contribution >= 4 is 39.0 Å². The van der Waals surface area contributed by atoms with Crippen molar-refractivity contribution in [1.82, 2.24) is 4.90 Å². The van der Waals surface area contributed by atoms with Crippen LogP contribution in [0.4, 0.5) is 10.5 Å². The van der Waals surface area contributed by atoms with E-state index < -0.39 is 0 Å². The van der Waals surface area contributed by atoms with Gasteiger partial charge in [0, 0.05) is 24.2 Å². The lowest BCUT2D eigenvalue weighted by atomic mass is 10.0. The highest BCUT2D eigenvalue weighted by Gasteiger charge is 2.20. The molecule has 0 radical (unpaired) electrons. The first kappa shape index (κ1) is 13.6. The summed E-state index contributed by atoms with van der Waals surface area (Å²) >= 11 is 5.10. The minimum atomic E-state index is -0.139. The lowest BCUT2D eigenvalue weighted by Crippen LogP contribution is -2.35. The van der Waals surface area contributed by atoms with Crippen molar-refractivity contribution in [3.63, 3.8) is 0 Å². The monoisotopic (exact) mass is 351 g/mol. The third kappa shape index (κ3) is 2.46. The van der Waals surface area contributed by atoms with Gasteiger partial charge in [0.05, 0.1) is 9.83 Å². The van der Waals surface area contributed by atoms with Crippen LogP contribution in [-0.4, -0.2) is 18.0 Å². The number of fused-ring (bicyclic) bond motifs is 1. The van der Waals surface area contributed by atoms with Crippen LogP contribution in [0.5, 0.6) is 0 Å². The van der Waals surface area contributed by atoms with Gasteiger partial charge in [0.25, 0.3) is 0 Å². The molecule has 0 bridgehead atoms. The van der Waals surface area contributed by atoms with E-state index in [0.29, 0.717) is 6.54 Å². The number of anilines is 1. The fourth-order valence-electron chi connectivity index (χ4n) is 2.26. The minimum absolute atomic E-state index is 0.0725. The van der Waals surface area contributed by atoms with Crippen molar-refractivity contribution in [1.29, 1.82) is 0 Å². The number of hydrogen-bond acceptors (Lipinski definition) is 3. The zero-order chi connectivity index (χ0) is 14.3. The summed E-state index contributed by atoms with van der Waals surface area (Å²) < 4.78 is 1.08. The molecule has 1 unspecified atom stereocenters. The molecular formula is C14H14BrN3OS. The molecule has 2 amide bonds. The third-order valence-electron chi connectivity index (χ3n) is 3.38. The highest BCUT2D eigenvalue weighted by molar-refractivity contribution is 9.11. The molecule has 4 nitrogen and oxygen atoms in total. The molecule has 1 aliphatic heterocycles. The summed E-state index contributed by atoms with van der Waals surface area (Å²) in [4.78, 5) is 14.4. The van der Waals surface area contributed by atoms with Crippen molar-refractivity contribution in [2.45, 2.75) is 12.6 Å². The van der Waals surface area contributed by atoms with Crippen LogP contribution in [-0.2, 0) is 6.54 Å². The molecule has 1 atom stereocenters. The number of carbonyl (C=O) groups excluding carboxylic acids is 1. The number of nitrogens with zero attached hydrogens (tertiary/aromatic N) is 1. The first-order chi connectivity index (χ1) is 9.54. The summed E-state index contributed by atoms with van der Waals surface area (Å²) in [7, 11) is 1.78. The molecule has 0 spiro atoms. The van der Waals surface area contributed by atoms with Gasteiger partial charge in [-0.25, -0.2) is 4.79 Å². The number of urea groups is 1. The summed E-state index contributed by atoms with van der Waals surface area (Å²) in [5.74, 6) is 0. The summed E-state index contributed by atoms with van der Waals surface area (Å²) in [6.45, 7) is 0.607. The van der Waals surface area contributed by atoms with Crippen molar-refractivity contribution in [3.8, 4) is 0 Å². The number of thiophene rings is 1. The molecule has 2 heterocycles. The lowest BCUT2D eigenvalue weighted by molar-refractivity contribution is 0.218. The SMILES string of the molecule is CN1Cc2cc(C(N)c3ccc(Br)s3)ccc2NC1=O. The number of benzene rings is 1. The molecular weight excluding hydrogens is 338 g/mol. The normalized spacial score (nSPS) is 15.8. The first-order valence-corrected chi connectivity index (χ1v) is 7.81. The molecule has 3 N–H and O–H groups in total. The van der Waals surface area contributed by atoms with Gasteiger partial charge in [-0.05, 0) is 51.3 Å². The van der Waals surface area contributed by atoms with E-state index >= 15 is 0 Å². The second kappa shape index (κ2) is 5.20. The van der Waals surface area contributed by atoms with Gasteiger partial charge in [0.15, 0.2) is 0 Å². The molecule has 104 valence electrons. The molecule has 1 aromatic carbocycles. The summed E-state index contributed by atoms with van der Waals surface area (Å²) in [6, 6.07) is 9.81. The largest absolute Gasteiger partial charge is 0.323 e. The maximum Gasteiger partial charge on any atom is 0.321 e. The number of halogens is 1. The summed E-state index contributed by atoms with van der Waals surface area (Å²) in [5, 5.41) is 2.86. The fraction of sp³-hybridized carbons (Fsp3) is 0.214. The first-order valence-electron chi connectivity index (χ1n) is 6.20. The molecule has 0 aliphatic carbocycles. The summed E-state index contributed by atoms with van der Waals surface area (Å²) in [6.07, 6.45) is 0. The Morgan fingerprint density at radius 1 is 1.40 bits per heavy atom. The van der Waals surface area contributed by atoms with Gasteiger partial charge in [-0.15, -0.1) is 11.3 Å². The van der Waals surface area contributed by atoms with Gasteiger partial charge < -0.3 is 16.0 Å². The van der Waals surface area contributed by atoms with Gasteiger partial charge in [-0.3, -0.25) is 0 Å². The van der Waals surface area contributed by atoms with Crippen LogP contribution in [0, 0.1) is 0 Å². The van der Waals surface area contributed by atoms with Crippen molar-refractivity contribution in [2.24, 2.45) is 5.73 Å². The number of carbonyl (C=O) groups is 1. The van der Waals surface area contributed by atoms with E-state index in [9.17, 15) is 4.79 Å². The van der Waals surface area contributed by atoms with Crippen LogP contribution in [0.15, 0.2) is 34.1 Å². The number of nitrogens with one attached hydrogen (secondary N) is 1. The Balaban J connectivity index is 1.92. The van der Waals surface area contributed by atoms with Gasteiger partial charge in [-0.2, -0.15) is 0 Å². The number of amides is 2. The smallest absolute Gasteiger partial charge is 0.321 e. The molecule has 3 rings (SSSR count). The predicted molar refractivity (Wildman–Crippen MR) is 85.0 cm³/mol. The van der Waals surface area contributed by atoms with Crippen LogP contribution in [0.25, 0.3) is 0 Å². The standard InChI is InChI=1S/C14H14BrN3OS/c1-18-7-9-6-8(2-3-10(9)17-14(18)19)13(16)11-4-5-12(15)20-11/h2-6,13H,7,16H2,1H3,(H,17,19). The van der Waals surface area contributed by atoms with Crippen LogP contribution >= 0.6 is 27.3 Å². The van der Waals surface area contributed by atoms with Gasteiger partial charge >= 0.3 is 6.03 Å². The van der Waals surface area contributed by atoms with Crippen LogP contribution < -0.4 is 11.1 Å². The van der Waals surface area contributed by atoms with E-state index in [1.54, 1.807) is 23.3 Å². The molecule has 1 aromatic heterocycles. The van der Waals surface area contributed by atoms with E-state index in [1.165, 1.54) is 0 Å². The highest BCUT2D eigenvalue weighted by atomic mass is 79.9. The molecule has 0 saturated carbocycles. The topological polar surface area (TPSA) is 58.4 Å². The Kier molecular flexibility index (Phi) is 3.54. The molecule has 20 heavy (non-hydrogen) atoms. The van der Waals surface area contributed by atoms with E-state index in [2.05, 4.69) is 27.3 Å². The lowest BCUT2D eigenvalue weighted by Gasteiger charge is -2.26. The number of nitrogens with two attached hydrogens (primary N) is 1. The predicted octanol–water partition coefficient (Wildman–Crippen LogP) is 3.54. The molecule has 6 heteroatoms. The van der Waals surface area contributed by atoms with Crippen molar-refractivity contribution in [3.05, 3.63) is 50.1 Å². The molecule has 0 saturated heterocycles. The average molecular weight is 352 g/mol. The van der Waals surface area contributed by atoms with E-state index in [0.717, 1.165) is 25.5 Å². The van der Waals surface area contributed by atoms with Gasteiger partial charge in [0.1, 0.15) is 0 Å². The minimum Gasteiger partial charge on any atom is -0.323 e. The summed E-state index contributed by atoms with van der Waals surface area (Å²) in [5.41, 5.74) is 9.34. The highest BCUT2D eigenvalue weighted by Crippen LogP contribution is 2.32. The Bertz CT molecular complexity index is 670. The Hall–Kier alpha value is -1.37. The zero-order valence-electron chi connectivity index (χ0n) is 10.9. The van der Waals surface area contributed by atoms with Crippen LogP contribution in [0.3, 0.4) is 0 Å². The maximum atomic E-state index is 11.6. The third-order valence-corrected chi connectivity index (χ3v) is 5.09. The van der Waals surface area contributed by atoms with E-state index in [4.69, 9.17) is 5.73 Å². The van der Waals surface area contributed by atoms with Gasteiger partial charge in [-0.1, -0.05) is 6.07 Å². The molecule has 2 aromatic rings. The zero-order valence-corrected chi connectivity index (χ0v) is 13.3. The molecule has 1 aliphatic rings. The second-order valence-electron chi connectivity index (χ2n) is 4.82. The van der Waals surface area contributed by atoms with Gasteiger partial charge in [0.2, 0.25) is 0 Å². The van der Waals surface area contributed by atoms with E-state index in [1.807, 2.05) is 24.3 Å². The van der Waals surface area contributed by atoms with Crippen LogP contribution in [0.2, 0.25) is 0 Å². The van der Waals surface area contributed by atoms with E-state index in [-0.39, 0.29) is 12.1 Å². The second-order valence-corrected chi connectivity index (χ2v) is 7.32. The Morgan fingerprint density at radius 3 is 2.90 bits per heavy atom. The van der Waals surface area contributed by atoms with Crippen molar-refractivity contribution in [2.75, 3.05) is 12.4 Å². The van der Waals surface area contributed by atoms with Crippen molar-refractivity contribution < 1.29 is 4.79 Å². The fourth-order valence-corrected chi connectivity index (χ4v) is 3.71. The average Bonchev–Trinajstić information content (AvgIpc) is 2.85. The molecule has 0 fully saturated rings. The number of hydrogen-bond donors (Lipinski definition) is 2. The Labute approximate surface area is 129 Å². The van der Waals surface area contributed by atoms with Crippen LogP contribution in [0.1, 0.15) is 22.0 Å². The quantitative estimate of drug-likeness (QED) is 0.869. The maximum absolute atomic E-state index is 11.6. The Morgan fingerprint density at radius 2 is 2.20 bits per heavy atom.